The van der Waals surface area contributed by atoms with Gasteiger partial charge >= 0.3 is 0 Å². The highest BCUT2D eigenvalue weighted by molar-refractivity contribution is 7.11. The Balaban J connectivity index is 2.03. The standard InChI is InChI=1S/C22H25ClN2OS/c1-3-4-11-22-24-14-18(13-19(16(2)26)21-10-7-12-27-21)25(22)15-17-8-5-6-9-20(17)23/h5-10,12-14,16,26H,3-4,11,15H2,1-2H3/b19-13+. The molecular formula is C22H25ClN2OS. The number of hydrogen-bond acceptors (Lipinski definition) is 3. The molecule has 1 unspecified atom stereocenters. The van der Waals surface area contributed by atoms with Gasteiger partial charge < -0.3 is 9.67 Å². The smallest absolute Gasteiger partial charge is 0.109 e. The molecule has 0 saturated carbocycles. The van der Waals surface area contributed by atoms with E-state index in [0.717, 1.165) is 51.8 Å². The summed E-state index contributed by atoms with van der Waals surface area (Å²) in [7, 11) is 0. The molecule has 0 fully saturated rings. The van der Waals surface area contributed by atoms with Crippen LogP contribution >= 0.6 is 22.9 Å². The lowest BCUT2D eigenvalue weighted by Crippen LogP contribution is -2.09. The van der Waals surface area contributed by atoms with Crippen LogP contribution < -0.4 is 0 Å². The number of aliphatic hydroxyl groups is 1. The van der Waals surface area contributed by atoms with Crippen molar-refractivity contribution in [2.75, 3.05) is 0 Å². The van der Waals surface area contributed by atoms with Gasteiger partial charge in [0.25, 0.3) is 0 Å². The van der Waals surface area contributed by atoms with E-state index in [9.17, 15) is 5.11 Å². The third-order valence-electron chi connectivity index (χ3n) is 4.57. The van der Waals surface area contributed by atoms with E-state index >= 15 is 0 Å². The van der Waals surface area contributed by atoms with Crippen molar-refractivity contribution in [1.82, 2.24) is 9.55 Å². The Kier molecular flexibility index (Phi) is 6.89. The topological polar surface area (TPSA) is 38.1 Å². The van der Waals surface area contributed by atoms with Crippen molar-refractivity contribution < 1.29 is 5.11 Å². The first-order chi connectivity index (χ1) is 13.1. The molecule has 0 radical (unpaired) electrons. The second-order valence-electron chi connectivity index (χ2n) is 6.63. The average molecular weight is 401 g/mol. The SMILES string of the molecule is CCCCc1ncc(/C=C(/c2cccs2)C(C)O)n1Cc1ccccc1Cl. The number of hydrogen-bond donors (Lipinski definition) is 1. The number of nitrogens with zero attached hydrogens (tertiary/aromatic N) is 2. The Bertz CT molecular complexity index is 897. The van der Waals surface area contributed by atoms with Gasteiger partial charge in [0.2, 0.25) is 0 Å². The molecule has 0 bridgehead atoms. The van der Waals surface area contributed by atoms with Gasteiger partial charge in [0.05, 0.1) is 24.5 Å². The van der Waals surface area contributed by atoms with E-state index in [-0.39, 0.29) is 0 Å². The van der Waals surface area contributed by atoms with Gasteiger partial charge in [-0.1, -0.05) is 49.2 Å². The summed E-state index contributed by atoms with van der Waals surface area (Å²) in [6, 6.07) is 12.0. The van der Waals surface area contributed by atoms with Crippen molar-refractivity contribution in [3.05, 3.63) is 75.0 Å². The fraction of sp³-hybridized carbons (Fsp3) is 0.318. The first kappa shape index (κ1) is 19.9. The van der Waals surface area contributed by atoms with Crippen molar-refractivity contribution in [3.8, 4) is 0 Å². The minimum Gasteiger partial charge on any atom is -0.389 e. The van der Waals surface area contributed by atoms with Gasteiger partial charge in [-0.15, -0.1) is 11.3 Å². The lowest BCUT2D eigenvalue weighted by Gasteiger charge is -2.14. The van der Waals surface area contributed by atoms with Crippen LogP contribution in [0.15, 0.2) is 48.0 Å². The van der Waals surface area contributed by atoms with Crippen molar-refractivity contribution in [2.24, 2.45) is 0 Å². The van der Waals surface area contributed by atoms with Crippen molar-refractivity contribution in [3.63, 3.8) is 0 Å². The van der Waals surface area contributed by atoms with Crippen LogP contribution in [0.25, 0.3) is 11.6 Å². The summed E-state index contributed by atoms with van der Waals surface area (Å²) >= 11 is 8.03. The van der Waals surface area contributed by atoms with Crippen LogP contribution in [0.3, 0.4) is 0 Å². The molecule has 3 rings (SSSR count). The first-order valence-electron chi connectivity index (χ1n) is 9.31. The van der Waals surface area contributed by atoms with E-state index < -0.39 is 6.10 Å². The number of thiophene rings is 1. The number of aromatic nitrogens is 2. The molecule has 1 aromatic carbocycles. The number of aryl methyl sites for hydroxylation is 1. The summed E-state index contributed by atoms with van der Waals surface area (Å²) in [5.74, 6) is 1.05. The second kappa shape index (κ2) is 9.36. The van der Waals surface area contributed by atoms with E-state index in [4.69, 9.17) is 11.6 Å². The summed E-state index contributed by atoms with van der Waals surface area (Å²) < 4.78 is 2.22. The van der Waals surface area contributed by atoms with Crippen molar-refractivity contribution in [2.45, 2.75) is 45.8 Å². The summed E-state index contributed by atoms with van der Waals surface area (Å²) in [4.78, 5) is 5.74. The second-order valence-corrected chi connectivity index (χ2v) is 7.99. The van der Waals surface area contributed by atoms with Crippen LogP contribution in [-0.4, -0.2) is 20.8 Å². The van der Waals surface area contributed by atoms with Gasteiger partial charge in [-0.2, -0.15) is 0 Å². The Morgan fingerprint density at radius 3 is 2.78 bits per heavy atom. The zero-order valence-electron chi connectivity index (χ0n) is 15.7. The van der Waals surface area contributed by atoms with Gasteiger partial charge in [-0.05, 0) is 48.1 Å². The van der Waals surface area contributed by atoms with Crippen LogP contribution in [-0.2, 0) is 13.0 Å². The molecule has 5 heteroatoms. The van der Waals surface area contributed by atoms with E-state index in [1.807, 2.05) is 48.0 Å². The Hall–Kier alpha value is -1.88. The molecule has 27 heavy (non-hydrogen) atoms. The fourth-order valence-corrected chi connectivity index (χ4v) is 4.08. The van der Waals surface area contributed by atoms with Crippen LogP contribution in [0.4, 0.5) is 0 Å². The van der Waals surface area contributed by atoms with E-state index in [2.05, 4.69) is 22.6 Å². The monoisotopic (exact) mass is 400 g/mol. The number of rotatable bonds is 8. The highest BCUT2D eigenvalue weighted by atomic mass is 35.5. The number of halogens is 1. The van der Waals surface area contributed by atoms with Crippen LogP contribution in [0.5, 0.6) is 0 Å². The molecule has 2 aromatic heterocycles. The lowest BCUT2D eigenvalue weighted by atomic mass is 10.1. The molecule has 3 aromatic rings. The molecular weight excluding hydrogens is 376 g/mol. The van der Waals surface area contributed by atoms with Gasteiger partial charge in [0.15, 0.2) is 0 Å². The molecule has 0 amide bonds. The highest BCUT2D eigenvalue weighted by Gasteiger charge is 2.14. The zero-order valence-corrected chi connectivity index (χ0v) is 17.3. The molecule has 0 aliphatic rings. The molecule has 2 heterocycles. The predicted molar refractivity (Wildman–Crippen MR) is 115 cm³/mol. The summed E-state index contributed by atoms with van der Waals surface area (Å²) in [5, 5.41) is 13.1. The van der Waals surface area contributed by atoms with Crippen molar-refractivity contribution >= 4 is 34.6 Å². The summed E-state index contributed by atoms with van der Waals surface area (Å²) in [6.45, 7) is 4.66. The minimum atomic E-state index is -0.550. The molecule has 142 valence electrons. The third-order valence-corrected chi connectivity index (χ3v) is 5.86. The minimum absolute atomic E-state index is 0.550. The quantitative estimate of drug-likeness (QED) is 0.510. The van der Waals surface area contributed by atoms with E-state index in [1.165, 1.54) is 0 Å². The molecule has 0 aliphatic heterocycles. The Morgan fingerprint density at radius 1 is 1.30 bits per heavy atom. The largest absolute Gasteiger partial charge is 0.389 e. The van der Waals surface area contributed by atoms with Gasteiger partial charge in [-0.25, -0.2) is 4.98 Å². The predicted octanol–water partition coefficient (Wildman–Crippen LogP) is 5.91. The number of aliphatic hydroxyl groups excluding tert-OH is 1. The number of unbranched alkanes of at least 4 members (excludes halogenated alkanes) is 1. The maximum atomic E-state index is 10.3. The Labute approximate surface area is 170 Å². The molecule has 0 aliphatic carbocycles. The number of imidazole rings is 1. The molecule has 3 nitrogen and oxygen atoms in total. The summed E-state index contributed by atoms with van der Waals surface area (Å²) in [5.41, 5.74) is 2.97. The fourth-order valence-electron chi connectivity index (χ4n) is 3.06. The molecule has 1 N–H and O–H groups in total. The van der Waals surface area contributed by atoms with Crippen LogP contribution in [0.1, 0.15) is 48.6 Å². The van der Waals surface area contributed by atoms with Crippen molar-refractivity contribution in [1.29, 1.82) is 0 Å². The van der Waals surface area contributed by atoms with Gasteiger partial charge in [0, 0.05) is 16.3 Å². The number of benzene rings is 1. The van der Waals surface area contributed by atoms with Gasteiger partial charge in [-0.3, -0.25) is 0 Å². The molecule has 1 atom stereocenters. The van der Waals surface area contributed by atoms with Gasteiger partial charge in [0.1, 0.15) is 5.82 Å². The molecule has 0 spiro atoms. The molecule has 0 saturated heterocycles. The first-order valence-corrected chi connectivity index (χ1v) is 10.6. The Morgan fingerprint density at radius 2 is 2.11 bits per heavy atom. The third kappa shape index (κ3) is 4.89. The van der Waals surface area contributed by atoms with E-state index in [1.54, 1.807) is 18.3 Å². The van der Waals surface area contributed by atoms with Crippen LogP contribution in [0.2, 0.25) is 5.02 Å². The van der Waals surface area contributed by atoms with Crippen LogP contribution in [0, 0.1) is 0 Å². The summed E-state index contributed by atoms with van der Waals surface area (Å²) in [6.07, 6.45) is 6.55. The van der Waals surface area contributed by atoms with E-state index in [0.29, 0.717) is 6.54 Å². The highest BCUT2D eigenvalue weighted by Crippen LogP contribution is 2.27. The maximum absolute atomic E-state index is 10.3. The maximum Gasteiger partial charge on any atom is 0.109 e. The average Bonchev–Trinajstić information content (AvgIpc) is 3.30. The zero-order chi connectivity index (χ0) is 19.2. The lowest BCUT2D eigenvalue weighted by molar-refractivity contribution is 0.254. The normalized spacial score (nSPS) is 13.1.